The van der Waals surface area contributed by atoms with Crippen LogP contribution in [-0.4, -0.2) is 64.7 Å². The molecular weight excluding hydrogens is 506 g/mol. The van der Waals surface area contributed by atoms with Gasteiger partial charge in [-0.05, 0) is 42.6 Å². The zero-order valence-electron chi connectivity index (χ0n) is 24.7. The smallest absolute Gasteiger partial charge is 0.239 e. The van der Waals surface area contributed by atoms with Gasteiger partial charge in [0.05, 0.1) is 18.7 Å². The fourth-order valence-electron chi connectivity index (χ4n) is 5.92. The standard InChI is InChI=1S/C32H51N3O5/c1-22(2)16-28(36)31(39)27(18-23-10-6-4-7-11-23)34-32(40)26(17-24-14-15-24)19-30(38)35(21-29(37)33-3)20-25-12-8-5-9-13-25/h5,8-9,12-13,22-24,26-28,31,36,39H,4,6-7,10-11,14-21H2,1-3H3,(H,33,37)(H,34,40)/t26-,27+,28+,31-/m1/s1. The van der Waals surface area contributed by atoms with Gasteiger partial charge in [0.15, 0.2) is 0 Å². The van der Waals surface area contributed by atoms with Crippen molar-refractivity contribution in [3.63, 3.8) is 0 Å². The van der Waals surface area contributed by atoms with Crippen molar-refractivity contribution < 1.29 is 24.6 Å². The van der Waals surface area contributed by atoms with Gasteiger partial charge in [-0.15, -0.1) is 0 Å². The first-order chi connectivity index (χ1) is 19.2. The quantitative estimate of drug-likeness (QED) is 0.247. The maximum atomic E-state index is 13.7. The largest absolute Gasteiger partial charge is 0.390 e. The van der Waals surface area contributed by atoms with E-state index >= 15 is 0 Å². The van der Waals surface area contributed by atoms with E-state index in [0.717, 1.165) is 44.1 Å². The van der Waals surface area contributed by atoms with Crippen LogP contribution in [0, 0.1) is 23.7 Å². The average Bonchev–Trinajstić information content (AvgIpc) is 3.76. The average molecular weight is 558 g/mol. The first-order valence-electron chi connectivity index (χ1n) is 15.3. The maximum absolute atomic E-state index is 13.7. The van der Waals surface area contributed by atoms with Crippen molar-refractivity contribution in [3.05, 3.63) is 35.9 Å². The highest BCUT2D eigenvalue weighted by Gasteiger charge is 2.36. The Bertz CT molecular complexity index is 930. The van der Waals surface area contributed by atoms with Crippen molar-refractivity contribution >= 4 is 17.7 Å². The first kappa shape index (κ1) is 32.1. The minimum absolute atomic E-state index is 0.00690. The first-order valence-corrected chi connectivity index (χ1v) is 15.3. The van der Waals surface area contributed by atoms with E-state index in [1.54, 1.807) is 7.05 Å². The van der Waals surface area contributed by atoms with Crippen LogP contribution in [0.15, 0.2) is 30.3 Å². The van der Waals surface area contributed by atoms with Gasteiger partial charge in [0.2, 0.25) is 17.7 Å². The summed E-state index contributed by atoms with van der Waals surface area (Å²) in [6, 6.07) is 8.96. The molecule has 0 aliphatic heterocycles. The number of aliphatic hydroxyl groups is 2. The summed E-state index contributed by atoms with van der Waals surface area (Å²) in [6.07, 6.45) is 7.45. The number of benzene rings is 1. The number of hydrogen-bond acceptors (Lipinski definition) is 5. The topological polar surface area (TPSA) is 119 Å². The van der Waals surface area contributed by atoms with Gasteiger partial charge in [-0.1, -0.05) is 89.1 Å². The molecule has 0 heterocycles. The Morgan fingerprint density at radius 2 is 1.60 bits per heavy atom. The summed E-state index contributed by atoms with van der Waals surface area (Å²) in [6.45, 7) is 4.21. The van der Waals surface area contributed by atoms with Gasteiger partial charge in [0, 0.05) is 25.9 Å². The van der Waals surface area contributed by atoms with Crippen molar-refractivity contribution in [2.75, 3.05) is 13.6 Å². The van der Waals surface area contributed by atoms with E-state index < -0.39 is 24.2 Å². The molecule has 4 N–H and O–H groups in total. The maximum Gasteiger partial charge on any atom is 0.239 e. The van der Waals surface area contributed by atoms with E-state index in [-0.39, 0.29) is 43.1 Å². The Morgan fingerprint density at radius 1 is 0.950 bits per heavy atom. The summed E-state index contributed by atoms with van der Waals surface area (Å²) < 4.78 is 0. The molecule has 0 spiro atoms. The third-order valence-corrected chi connectivity index (χ3v) is 8.45. The number of nitrogens with one attached hydrogen (secondary N) is 2. The Labute approximate surface area is 240 Å². The fraction of sp³-hybridized carbons (Fsp3) is 0.719. The lowest BCUT2D eigenvalue weighted by Gasteiger charge is -2.34. The van der Waals surface area contributed by atoms with Crippen molar-refractivity contribution in [1.82, 2.24) is 15.5 Å². The minimum Gasteiger partial charge on any atom is -0.390 e. The highest BCUT2D eigenvalue weighted by Crippen LogP contribution is 2.37. The van der Waals surface area contributed by atoms with Crippen LogP contribution in [0.25, 0.3) is 0 Å². The number of amides is 3. The number of carbonyl (C=O) groups excluding carboxylic acids is 3. The van der Waals surface area contributed by atoms with Gasteiger partial charge in [0.1, 0.15) is 6.10 Å². The van der Waals surface area contributed by atoms with E-state index in [2.05, 4.69) is 10.6 Å². The van der Waals surface area contributed by atoms with E-state index in [1.807, 2.05) is 44.2 Å². The number of aliphatic hydroxyl groups excluding tert-OH is 2. The molecule has 0 saturated heterocycles. The van der Waals surface area contributed by atoms with Gasteiger partial charge in [-0.25, -0.2) is 0 Å². The van der Waals surface area contributed by atoms with Gasteiger partial charge in [-0.2, -0.15) is 0 Å². The summed E-state index contributed by atoms with van der Waals surface area (Å²) in [5, 5.41) is 27.6. The summed E-state index contributed by atoms with van der Waals surface area (Å²) in [5.41, 5.74) is 0.915. The Balaban J connectivity index is 1.74. The van der Waals surface area contributed by atoms with E-state index in [0.29, 0.717) is 31.1 Å². The third kappa shape index (κ3) is 10.8. The molecule has 0 aromatic heterocycles. The minimum atomic E-state index is -1.06. The van der Waals surface area contributed by atoms with Crippen molar-refractivity contribution in [1.29, 1.82) is 0 Å². The van der Waals surface area contributed by atoms with Gasteiger partial charge < -0.3 is 25.7 Å². The molecule has 0 bridgehead atoms. The molecule has 0 unspecified atom stereocenters. The molecule has 40 heavy (non-hydrogen) atoms. The molecule has 4 atom stereocenters. The molecule has 0 radical (unpaired) electrons. The highest BCUT2D eigenvalue weighted by atomic mass is 16.3. The highest BCUT2D eigenvalue weighted by molar-refractivity contribution is 5.88. The molecule has 224 valence electrons. The van der Waals surface area contributed by atoms with Gasteiger partial charge in [0.25, 0.3) is 0 Å². The van der Waals surface area contributed by atoms with Crippen molar-refractivity contribution in [2.24, 2.45) is 23.7 Å². The van der Waals surface area contributed by atoms with E-state index in [9.17, 15) is 24.6 Å². The van der Waals surface area contributed by atoms with Crippen LogP contribution >= 0.6 is 0 Å². The number of rotatable bonds is 16. The molecule has 2 saturated carbocycles. The molecule has 2 aliphatic carbocycles. The monoisotopic (exact) mass is 557 g/mol. The van der Waals surface area contributed by atoms with E-state index in [4.69, 9.17) is 0 Å². The van der Waals surface area contributed by atoms with Gasteiger partial charge in [-0.3, -0.25) is 14.4 Å². The number of hydrogen-bond donors (Lipinski definition) is 4. The fourth-order valence-corrected chi connectivity index (χ4v) is 5.92. The second-order valence-corrected chi connectivity index (χ2v) is 12.5. The molecule has 3 rings (SSSR count). The summed E-state index contributed by atoms with van der Waals surface area (Å²) in [5.74, 6) is -0.259. The van der Waals surface area contributed by atoms with E-state index in [1.165, 1.54) is 11.3 Å². The summed E-state index contributed by atoms with van der Waals surface area (Å²) >= 11 is 0. The lowest BCUT2D eigenvalue weighted by atomic mass is 9.82. The molecular formula is C32H51N3O5. The predicted octanol–water partition coefficient (Wildman–Crippen LogP) is 3.79. The Morgan fingerprint density at radius 3 is 2.20 bits per heavy atom. The van der Waals surface area contributed by atoms with Crippen LogP contribution in [0.1, 0.15) is 90.0 Å². The third-order valence-electron chi connectivity index (χ3n) is 8.45. The zero-order chi connectivity index (χ0) is 29.1. The van der Waals surface area contributed by atoms with Crippen LogP contribution in [0.4, 0.5) is 0 Å². The number of nitrogens with zero attached hydrogens (tertiary/aromatic N) is 1. The predicted molar refractivity (Wildman–Crippen MR) is 156 cm³/mol. The summed E-state index contributed by atoms with van der Waals surface area (Å²) in [7, 11) is 1.54. The van der Waals surface area contributed by atoms with Crippen LogP contribution in [0.3, 0.4) is 0 Å². The lowest BCUT2D eigenvalue weighted by Crippen LogP contribution is -2.51. The van der Waals surface area contributed by atoms with Crippen LogP contribution in [0.2, 0.25) is 0 Å². The number of carbonyl (C=O) groups is 3. The Hall–Kier alpha value is -2.45. The molecule has 8 nitrogen and oxygen atoms in total. The SMILES string of the molecule is CNC(=O)CN(Cc1ccccc1)C(=O)C[C@@H](CC1CC1)C(=O)N[C@@H](CC1CCCCC1)[C@@H](O)[C@@H](O)CC(C)C. The second-order valence-electron chi connectivity index (χ2n) is 12.5. The van der Waals surface area contributed by atoms with Crippen LogP contribution in [-0.2, 0) is 20.9 Å². The normalized spacial score (nSPS) is 18.9. The molecule has 2 aliphatic rings. The zero-order valence-corrected chi connectivity index (χ0v) is 24.7. The molecule has 1 aromatic carbocycles. The number of likely N-dealkylation sites (N-methyl/N-ethyl adjacent to an activating group) is 1. The summed E-state index contributed by atoms with van der Waals surface area (Å²) in [4.78, 5) is 41.1. The molecule has 3 amide bonds. The van der Waals surface area contributed by atoms with Crippen molar-refractivity contribution in [2.45, 2.75) is 109 Å². The second kappa shape index (κ2) is 16.1. The molecule has 2 fully saturated rings. The van der Waals surface area contributed by atoms with Crippen LogP contribution < -0.4 is 10.6 Å². The van der Waals surface area contributed by atoms with Crippen molar-refractivity contribution in [3.8, 4) is 0 Å². The van der Waals surface area contributed by atoms with Gasteiger partial charge >= 0.3 is 0 Å². The molecule has 8 heteroatoms. The lowest BCUT2D eigenvalue weighted by molar-refractivity contribution is -0.140. The Kier molecular flexibility index (Phi) is 12.9. The van der Waals surface area contributed by atoms with Crippen LogP contribution in [0.5, 0.6) is 0 Å². The molecule has 1 aromatic rings.